The zero-order valence-electron chi connectivity index (χ0n) is 8.43. The fourth-order valence-corrected chi connectivity index (χ4v) is 1.47. The van der Waals surface area contributed by atoms with Crippen molar-refractivity contribution >= 4 is 11.6 Å². The molecule has 0 aromatic heterocycles. The zero-order chi connectivity index (χ0) is 11.5. The first kappa shape index (κ1) is 12.0. The van der Waals surface area contributed by atoms with Gasteiger partial charge in [0.25, 0.3) is 0 Å². The highest BCUT2D eigenvalue weighted by Gasteiger charge is 2.18. The normalized spacial score (nSPS) is 14.3. The Balaban J connectivity index is 2.79. The van der Waals surface area contributed by atoms with Crippen LogP contribution in [0, 0.1) is 17.1 Å². The highest BCUT2D eigenvalue weighted by Crippen LogP contribution is 2.22. The number of nitriles is 1. The standard InChI is InChI=1S/C11H12ClFN2/c1-11(15,7-14)6-5-8-9(12)3-2-4-10(8)13/h2-4H,5-6,15H2,1H3. The third-order valence-corrected chi connectivity index (χ3v) is 2.57. The van der Waals surface area contributed by atoms with Crippen LogP contribution in [0.3, 0.4) is 0 Å². The second-order valence-electron chi connectivity index (χ2n) is 3.73. The third kappa shape index (κ3) is 3.19. The Hall–Kier alpha value is -1.11. The molecule has 2 N–H and O–H groups in total. The van der Waals surface area contributed by atoms with E-state index in [-0.39, 0.29) is 5.82 Å². The molecule has 0 saturated heterocycles. The Morgan fingerprint density at radius 3 is 2.80 bits per heavy atom. The number of nitrogens with two attached hydrogens (primary N) is 1. The van der Waals surface area contributed by atoms with E-state index in [1.165, 1.54) is 6.07 Å². The van der Waals surface area contributed by atoms with E-state index >= 15 is 0 Å². The van der Waals surface area contributed by atoms with E-state index < -0.39 is 5.54 Å². The highest BCUT2D eigenvalue weighted by molar-refractivity contribution is 6.31. The third-order valence-electron chi connectivity index (χ3n) is 2.21. The molecule has 0 saturated carbocycles. The van der Waals surface area contributed by atoms with Gasteiger partial charge < -0.3 is 5.73 Å². The molecule has 0 aliphatic rings. The number of benzene rings is 1. The predicted octanol–water partition coefficient (Wildman–Crippen LogP) is 2.65. The first-order valence-electron chi connectivity index (χ1n) is 4.59. The molecule has 0 spiro atoms. The first-order valence-corrected chi connectivity index (χ1v) is 4.97. The van der Waals surface area contributed by atoms with Crippen molar-refractivity contribution in [1.82, 2.24) is 0 Å². The monoisotopic (exact) mass is 226 g/mol. The average molecular weight is 227 g/mol. The van der Waals surface area contributed by atoms with E-state index in [1.54, 1.807) is 19.1 Å². The lowest BCUT2D eigenvalue weighted by Gasteiger charge is -2.15. The van der Waals surface area contributed by atoms with Crippen LogP contribution in [0.5, 0.6) is 0 Å². The van der Waals surface area contributed by atoms with Crippen molar-refractivity contribution in [3.8, 4) is 6.07 Å². The lowest BCUT2D eigenvalue weighted by Crippen LogP contribution is -2.34. The highest BCUT2D eigenvalue weighted by atomic mass is 35.5. The Labute approximate surface area is 93.5 Å². The molecule has 0 heterocycles. The maximum atomic E-state index is 13.3. The van der Waals surface area contributed by atoms with E-state index in [9.17, 15) is 4.39 Å². The number of hydrogen-bond acceptors (Lipinski definition) is 2. The summed E-state index contributed by atoms with van der Waals surface area (Å²) in [5.74, 6) is -0.351. The Kier molecular flexibility index (Phi) is 3.67. The summed E-state index contributed by atoms with van der Waals surface area (Å²) in [7, 11) is 0. The van der Waals surface area contributed by atoms with Crippen LogP contribution in [0.1, 0.15) is 18.9 Å². The lowest BCUT2D eigenvalue weighted by atomic mass is 9.96. The molecule has 15 heavy (non-hydrogen) atoms. The van der Waals surface area contributed by atoms with Gasteiger partial charge in [-0.25, -0.2) is 4.39 Å². The molecular formula is C11H12ClFN2. The zero-order valence-corrected chi connectivity index (χ0v) is 9.18. The van der Waals surface area contributed by atoms with E-state index in [2.05, 4.69) is 0 Å². The Bertz CT molecular complexity index is 376. The average Bonchev–Trinajstić information content (AvgIpc) is 2.17. The SMILES string of the molecule is CC(N)(C#N)CCc1c(F)cccc1Cl. The molecular weight excluding hydrogens is 215 g/mol. The van der Waals surface area contributed by atoms with Crippen molar-refractivity contribution in [3.63, 3.8) is 0 Å². The molecule has 1 atom stereocenters. The summed E-state index contributed by atoms with van der Waals surface area (Å²) in [4.78, 5) is 0. The molecule has 0 fully saturated rings. The maximum Gasteiger partial charge on any atom is 0.127 e. The number of hydrogen-bond donors (Lipinski definition) is 1. The number of halogens is 2. The summed E-state index contributed by atoms with van der Waals surface area (Å²) in [6.45, 7) is 1.61. The molecule has 0 aliphatic carbocycles. The summed E-state index contributed by atoms with van der Waals surface area (Å²) < 4.78 is 13.3. The van der Waals surface area contributed by atoms with E-state index in [0.29, 0.717) is 23.4 Å². The second kappa shape index (κ2) is 4.61. The van der Waals surface area contributed by atoms with Crippen LogP contribution in [-0.2, 0) is 6.42 Å². The molecule has 2 nitrogen and oxygen atoms in total. The van der Waals surface area contributed by atoms with Gasteiger partial charge in [-0.1, -0.05) is 17.7 Å². The minimum absolute atomic E-state index is 0.351. The molecule has 0 aliphatic heterocycles. The van der Waals surface area contributed by atoms with Gasteiger partial charge in [-0.05, 0) is 31.9 Å². The summed E-state index contributed by atoms with van der Waals surface area (Å²) in [5.41, 5.74) is 5.12. The molecule has 80 valence electrons. The van der Waals surface area contributed by atoms with Crippen LogP contribution < -0.4 is 5.73 Å². The van der Waals surface area contributed by atoms with Gasteiger partial charge in [-0.15, -0.1) is 0 Å². The lowest BCUT2D eigenvalue weighted by molar-refractivity contribution is 0.531. The Morgan fingerprint density at radius 1 is 1.60 bits per heavy atom. The van der Waals surface area contributed by atoms with Crippen molar-refractivity contribution in [3.05, 3.63) is 34.6 Å². The van der Waals surface area contributed by atoms with E-state index in [0.717, 1.165) is 0 Å². The Morgan fingerprint density at radius 2 is 2.27 bits per heavy atom. The van der Waals surface area contributed by atoms with Gasteiger partial charge in [0.05, 0.1) is 6.07 Å². The summed E-state index contributed by atoms with van der Waals surface area (Å²) >= 11 is 5.84. The molecule has 0 amide bonds. The van der Waals surface area contributed by atoms with Crippen LogP contribution >= 0.6 is 11.6 Å². The van der Waals surface area contributed by atoms with Crippen molar-refractivity contribution in [2.75, 3.05) is 0 Å². The first-order chi connectivity index (χ1) is 6.96. The summed E-state index contributed by atoms with van der Waals surface area (Å²) in [6, 6.07) is 6.49. The van der Waals surface area contributed by atoms with E-state index in [1.807, 2.05) is 6.07 Å². The van der Waals surface area contributed by atoms with Crippen LogP contribution in [0.2, 0.25) is 5.02 Å². The number of rotatable bonds is 3. The fraction of sp³-hybridized carbons (Fsp3) is 0.364. The van der Waals surface area contributed by atoms with Crippen LogP contribution in [0.4, 0.5) is 4.39 Å². The number of nitrogens with zero attached hydrogens (tertiary/aromatic N) is 1. The van der Waals surface area contributed by atoms with Gasteiger partial charge in [-0.3, -0.25) is 0 Å². The van der Waals surface area contributed by atoms with Gasteiger partial charge in [0, 0.05) is 10.6 Å². The smallest absolute Gasteiger partial charge is 0.127 e. The summed E-state index contributed by atoms with van der Waals surface area (Å²) in [5, 5.41) is 9.09. The van der Waals surface area contributed by atoms with Gasteiger partial charge >= 0.3 is 0 Å². The van der Waals surface area contributed by atoms with Crippen LogP contribution in [0.25, 0.3) is 0 Å². The van der Waals surface area contributed by atoms with Crippen molar-refractivity contribution in [2.45, 2.75) is 25.3 Å². The van der Waals surface area contributed by atoms with E-state index in [4.69, 9.17) is 22.6 Å². The van der Waals surface area contributed by atoms with Crippen molar-refractivity contribution in [2.24, 2.45) is 5.73 Å². The van der Waals surface area contributed by atoms with Gasteiger partial charge in [0.2, 0.25) is 0 Å². The minimum atomic E-state index is -0.939. The largest absolute Gasteiger partial charge is 0.314 e. The summed E-state index contributed by atoms with van der Waals surface area (Å²) in [6.07, 6.45) is 0.746. The molecule has 4 heteroatoms. The minimum Gasteiger partial charge on any atom is -0.314 e. The van der Waals surface area contributed by atoms with Gasteiger partial charge in [0.15, 0.2) is 0 Å². The van der Waals surface area contributed by atoms with Gasteiger partial charge in [-0.2, -0.15) is 5.26 Å². The molecule has 1 rings (SSSR count). The maximum absolute atomic E-state index is 13.3. The van der Waals surface area contributed by atoms with Crippen molar-refractivity contribution in [1.29, 1.82) is 5.26 Å². The van der Waals surface area contributed by atoms with Crippen LogP contribution in [-0.4, -0.2) is 5.54 Å². The molecule has 1 unspecified atom stereocenters. The van der Waals surface area contributed by atoms with Gasteiger partial charge in [0.1, 0.15) is 11.4 Å². The van der Waals surface area contributed by atoms with Crippen LogP contribution in [0.15, 0.2) is 18.2 Å². The molecule has 0 bridgehead atoms. The predicted molar refractivity (Wildman–Crippen MR) is 57.9 cm³/mol. The fourth-order valence-electron chi connectivity index (χ4n) is 1.21. The molecule has 1 aromatic carbocycles. The molecule has 0 radical (unpaired) electrons. The van der Waals surface area contributed by atoms with Crippen molar-refractivity contribution < 1.29 is 4.39 Å². The molecule has 1 aromatic rings. The topological polar surface area (TPSA) is 49.8 Å². The second-order valence-corrected chi connectivity index (χ2v) is 4.14. The quantitative estimate of drug-likeness (QED) is 0.862.